The Kier molecular flexibility index (Phi) is 5.36. The molecule has 6 rings (SSSR count). The predicted octanol–water partition coefficient (Wildman–Crippen LogP) is 1.40. The number of fused-ring (bicyclic) bond motifs is 1. The van der Waals surface area contributed by atoms with Crippen molar-refractivity contribution in [1.29, 1.82) is 0 Å². The first kappa shape index (κ1) is 20.8. The number of hydrogen-bond donors (Lipinski definition) is 2. The van der Waals surface area contributed by atoms with Crippen molar-refractivity contribution in [2.45, 2.75) is 57.5 Å². The summed E-state index contributed by atoms with van der Waals surface area (Å²) in [4.78, 5) is 23.6. The van der Waals surface area contributed by atoms with Gasteiger partial charge >= 0.3 is 0 Å². The number of likely N-dealkylation sites (tertiary alicyclic amines) is 1. The Labute approximate surface area is 192 Å². The number of aliphatic hydroxyl groups is 1. The lowest BCUT2D eigenvalue weighted by Crippen LogP contribution is -2.52. The second-order valence-corrected chi connectivity index (χ2v) is 9.39. The standard InChI is InChI=1S/C25H29N5O3/c31-22-15-29(14-19-11-17-5-8-30-24(32)4-3-21(28-19)25(17)30)7-6-20(22)27-12-18-10-16-2-1-9-33-23(16)13-26-18/h3-4,10-11,13,20,22,27,31H,1-2,5-9,12,14-15H2/t20-,22+/m0/s1. The third kappa shape index (κ3) is 4.03. The van der Waals surface area contributed by atoms with E-state index in [2.05, 4.69) is 27.3 Å². The Bertz CT molecular complexity index is 1260. The Balaban J connectivity index is 1.08. The predicted molar refractivity (Wildman–Crippen MR) is 124 cm³/mol. The molecule has 172 valence electrons. The molecule has 6 heterocycles. The van der Waals surface area contributed by atoms with Gasteiger partial charge in [0.1, 0.15) is 5.75 Å². The van der Waals surface area contributed by atoms with E-state index < -0.39 is 6.10 Å². The van der Waals surface area contributed by atoms with Crippen LogP contribution < -0.4 is 15.6 Å². The number of nitrogens with one attached hydrogen (secondary N) is 1. The first-order valence-corrected chi connectivity index (χ1v) is 11.9. The minimum absolute atomic E-state index is 0.0481. The largest absolute Gasteiger partial charge is 0.492 e. The highest BCUT2D eigenvalue weighted by Crippen LogP contribution is 2.26. The fourth-order valence-electron chi connectivity index (χ4n) is 5.42. The lowest BCUT2D eigenvalue weighted by Gasteiger charge is -2.36. The average molecular weight is 448 g/mol. The van der Waals surface area contributed by atoms with Crippen LogP contribution >= 0.6 is 0 Å². The number of β-amino-alcohol motifs (C(OH)–C–C–N with tert-alkyl or cyclic N) is 1. The van der Waals surface area contributed by atoms with Crippen LogP contribution in [-0.2, 0) is 32.5 Å². The number of aromatic nitrogens is 3. The summed E-state index contributed by atoms with van der Waals surface area (Å²) in [6.07, 6.45) is 5.22. The van der Waals surface area contributed by atoms with Crippen LogP contribution in [0.2, 0.25) is 0 Å². The van der Waals surface area contributed by atoms with Crippen LogP contribution in [0.3, 0.4) is 0 Å². The van der Waals surface area contributed by atoms with Crippen molar-refractivity contribution in [2.75, 3.05) is 19.7 Å². The molecule has 2 N–H and O–H groups in total. The maximum Gasteiger partial charge on any atom is 0.251 e. The van der Waals surface area contributed by atoms with E-state index >= 15 is 0 Å². The number of rotatable bonds is 5. The normalized spacial score (nSPS) is 22.3. The minimum atomic E-state index is -0.444. The highest BCUT2D eigenvalue weighted by atomic mass is 16.5. The molecule has 1 saturated heterocycles. The monoisotopic (exact) mass is 447 g/mol. The van der Waals surface area contributed by atoms with Crippen molar-refractivity contribution in [3.63, 3.8) is 0 Å². The van der Waals surface area contributed by atoms with Crippen LogP contribution in [0.4, 0.5) is 0 Å². The lowest BCUT2D eigenvalue weighted by atomic mass is 10.0. The second-order valence-electron chi connectivity index (χ2n) is 9.39. The summed E-state index contributed by atoms with van der Waals surface area (Å²) >= 11 is 0. The van der Waals surface area contributed by atoms with Crippen molar-refractivity contribution in [3.05, 3.63) is 63.3 Å². The van der Waals surface area contributed by atoms with Crippen LogP contribution in [-0.4, -0.2) is 56.4 Å². The summed E-state index contributed by atoms with van der Waals surface area (Å²) in [6.45, 7) is 4.36. The summed E-state index contributed by atoms with van der Waals surface area (Å²) < 4.78 is 7.47. The van der Waals surface area contributed by atoms with E-state index in [1.807, 2.05) is 16.8 Å². The molecule has 3 aromatic rings. The Morgan fingerprint density at radius 1 is 1.15 bits per heavy atom. The van der Waals surface area contributed by atoms with Gasteiger partial charge in [-0.3, -0.25) is 14.7 Å². The quantitative estimate of drug-likeness (QED) is 0.611. The van der Waals surface area contributed by atoms with Crippen molar-refractivity contribution < 1.29 is 9.84 Å². The molecule has 2 atom stereocenters. The van der Waals surface area contributed by atoms with Gasteiger partial charge < -0.3 is 19.7 Å². The second kappa shape index (κ2) is 8.52. The summed E-state index contributed by atoms with van der Waals surface area (Å²) in [6, 6.07) is 7.75. The molecule has 0 bridgehead atoms. The number of pyridine rings is 3. The lowest BCUT2D eigenvalue weighted by molar-refractivity contribution is 0.0359. The van der Waals surface area contributed by atoms with E-state index in [4.69, 9.17) is 9.72 Å². The minimum Gasteiger partial charge on any atom is -0.492 e. The third-order valence-corrected chi connectivity index (χ3v) is 7.13. The van der Waals surface area contributed by atoms with E-state index in [9.17, 15) is 9.90 Å². The average Bonchev–Trinajstić information content (AvgIpc) is 3.26. The number of hydrogen-bond acceptors (Lipinski definition) is 7. The molecule has 0 unspecified atom stereocenters. The molecule has 8 nitrogen and oxygen atoms in total. The molecular formula is C25H29N5O3. The summed E-state index contributed by atoms with van der Waals surface area (Å²) in [5.74, 6) is 0.905. The van der Waals surface area contributed by atoms with Crippen molar-refractivity contribution in [2.24, 2.45) is 0 Å². The topological polar surface area (TPSA) is 92.5 Å². The number of nitrogens with zero attached hydrogens (tertiary/aromatic N) is 4. The Morgan fingerprint density at radius 3 is 2.97 bits per heavy atom. The first-order chi connectivity index (χ1) is 16.1. The third-order valence-electron chi connectivity index (χ3n) is 7.13. The highest BCUT2D eigenvalue weighted by Gasteiger charge is 2.28. The summed E-state index contributed by atoms with van der Waals surface area (Å²) in [5, 5.41) is 14.3. The Hall–Kier alpha value is -2.81. The van der Waals surface area contributed by atoms with Crippen molar-refractivity contribution in [1.82, 2.24) is 24.8 Å². The molecule has 3 aliphatic rings. The van der Waals surface area contributed by atoms with Gasteiger partial charge in [-0.05, 0) is 55.0 Å². The van der Waals surface area contributed by atoms with Gasteiger partial charge in [0.05, 0.1) is 41.3 Å². The molecule has 3 aliphatic heterocycles. The molecule has 33 heavy (non-hydrogen) atoms. The zero-order valence-electron chi connectivity index (χ0n) is 18.7. The molecule has 0 aromatic carbocycles. The van der Waals surface area contributed by atoms with E-state index in [1.165, 1.54) is 11.1 Å². The van der Waals surface area contributed by atoms with Gasteiger partial charge in [0.15, 0.2) is 0 Å². The van der Waals surface area contributed by atoms with Gasteiger partial charge in [-0.2, -0.15) is 0 Å². The SMILES string of the molecule is O=c1ccc2nc(CN3CC[C@H](NCc4cc5c(cn4)OCCC5)[C@H](O)C3)cc3c2n1CC3. The number of aliphatic hydroxyl groups excluding tert-OH is 1. The maximum atomic E-state index is 12.1. The fraction of sp³-hybridized carbons (Fsp3) is 0.480. The number of piperidine rings is 1. The van der Waals surface area contributed by atoms with E-state index in [1.54, 1.807) is 6.07 Å². The van der Waals surface area contributed by atoms with E-state index in [-0.39, 0.29) is 11.6 Å². The van der Waals surface area contributed by atoms with Gasteiger partial charge in [-0.25, -0.2) is 4.98 Å². The van der Waals surface area contributed by atoms with Crippen molar-refractivity contribution >= 4 is 11.0 Å². The van der Waals surface area contributed by atoms with Crippen LogP contribution in [0, 0.1) is 0 Å². The van der Waals surface area contributed by atoms with Crippen LogP contribution in [0.1, 0.15) is 35.4 Å². The van der Waals surface area contributed by atoms with Gasteiger partial charge in [0.25, 0.3) is 5.56 Å². The molecule has 0 aliphatic carbocycles. The molecule has 0 saturated carbocycles. The van der Waals surface area contributed by atoms with Crippen LogP contribution in [0.15, 0.2) is 35.3 Å². The molecule has 0 amide bonds. The zero-order valence-corrected chi connectivity index (χ0v) is 18.7. The van der Waals surface area contributed by atoms with E-state index in [0.717, 1.165) is 73.6 Å². The summed E-state index contributed by atoms with van der Waals surface area (Å²) in [7, 11) is 0. The molecule has 8 heteroatoms. The Morgan fingerprint density at radius 2 is 2.06 bits per heavy atom. The number of aryl methyl sites for hydroxylation is 3. The zero-order chi connectivity index (χ0) is 22.4. The molecular weight excluding hydrogens is 418 g/mol. The van der Waals surface area contributed by atoms with Crippen LogP contribution in [0.5, 0.6) is 5.75 Å². The molecule has 3 aromatic heterocycles. The maximum absolute atomic E-state index is 12.1. The van der Waals surface area contributed by atoms with Gasteiger partial charge in [-0.1, -0.05) is 0 Å². The van der Waals surface area contributed by atoms with Gasteiger partial charge in [0, 0.05) is 44.8 Å². The summed E-state index contributed by atoms with van der Waals surface area (Å²) in [5.41, 5.74) is 6.34. The highest BCUT2D eigenvalue weighted by molar-refractivity contribution is 5.80. The van der Waals surface area contributed by atoms with Gasteiger partial charge in [0.2, 0.25) is 0 Å². The van der Waals surface area contributed by atoms with Gasteiger partial charge in [-0.15, -0.1) is 0 Å². The fourth-order valence-corrected chi connectivity index (χ4v) is 5.42. The molecule has 1 fully saturated rings. The van der Waals surface area contributed by atoms with E-state index in [0.29, 0.717) is 19.6 Å². The molecule has 0 spiro atoms. The number of ether oxygens (including phenoxy) is 1. The smallest absolute Gasteiger partial charge is 0.251 e. The van der Waals surface area contributed by atoms with Crippen LogP contribution in [0.25, 0.3) is 11.0 Å². The van der Waals surface area contributed by atoms with Crippen molar-refractivity contribution in [3.8, 4) is 5.75 Å². The first-order valence-electron chi connectivity index (χ1n) is 11.9. The molecule has 0 radical (unpaired) electrons.